The molecule has 0 saturated carbocycles. The molecule has 0 spiro atoms. The second-order valence-electron chi connectivity index (χ2n) is 4.74. The SMILES string of the molecule is COc1ccc(OC)c(/C=N\NC(=O)COc2cccc(Cl)c2Cl)c1. The van der Waals surface area contributed by atoms with E-state index < -0.39 is 5.91 Å². The lowest BCUT2D eigenvalue weighted by molar-refractivity contribution is -0.123. The Balaban J connectivity index is 1.93. The van der Waals surface area contributed by atoms with Crippen LogP contribution < -0.4 is 19.6 Å². The van der Waals surface area contributed by atoms with Gasteiger partial charge in [-0.15, -0.1) is 0 Å². The van der Waals surface area contributed by atoms with Gasteiger partial charge >= 0.3 is 0 Å². The Kier molecular flexibility index (Phi) is 6.91. The summed E-state index contributed by atoms with van der Waals surface area (Å²) in [6.07, 6.45) is 1.45. The predicted molar refractivity (Wildman–Crippen MR) is 97.2 cm³/mol. The molecule has 2 aromatic carbocycles. The van der Waals surface area contributed by atoms with Gasteiger partial charge in [0.1, 0.15) is 22.3 Å². The standard InChI is InChI=1S/C17H16Cl2N2O4/c1-23-12-6-7-14(24-2)11(8-12)9-20-21-16(22)10-25-15-5-3-4-13(18)17(15)19/h3-9H,10H2,1-2H3,(H,21,22)/b20-9-. The molecule has 0 radical (unpaired) electrons. The third kappa shape index (κ3) is 5.27. The number of hydrogen-bond donors (Lipinski definition) is 1. The van der Waals surface area contributed by atoms with E-state index in [4.69, 9.17) is 37.4 Å². The normalized spacial score (nSPS) is 10.6. The number of rotatable bonds is 7. The van der Waals surface area contributed by atoms with Crippen molar-refractivity contribution in [1.29, 1.82) is 0 Å². The van der Waals surface area contributed by atoms with E-state index in [1.165, 1.54) is 6.21 Å². The molecule has 0 fully saturated rings. The Bertz CT molecular complexity index is 781. The number of carbonyl (C=O) groups is 1. The van der Waals surface area contributed by atoms with Crippen LogP contribution in [0.3, 0.4) is 0 Å². The maximum atomic E-state index is 11.8. The fourth-order valence-electron chi connectivity index (χ4n) is 1.89. The highest BCUT2D eigenvalue weighted by Crippen LogP contribution is 2.31. The molecule has 2 aromatic rings. The highest BCUT2D eigenvalue weighted by Gasteiger charge is 2.08. The number of carbonyl (C=O) groups excluding carboxylic acids is 1. The average molecular weight is 383 g/mol. The van der Waals surface area contributed by atoms with Gasteiger partial charge in [0.05, 0.1) is 25.5 Å². The zero-order valence-corrected chi connectivity index (χ0v) is 15.1. The lowest BCUT2D eigenvalue weighted by Gasteiger charge is -2.08. The van der Waals surface area contributed by atoms with Crippen LogP contribution in [-0.4, -0.2) is 32.9 Å². The van der Waals surface area contributed by atoms with Crippen molar-refractivity contribution in [3.63, 3.8) is 0 Å². The van der Waals surface area contributed by atoms with Crippen molar-refractivity contribution in [2.24, 2.45) is 5.10 Å². The third-order valence-corrected chi connectivity index (χ3v) is 3.91. The van der Waals surface area contributed by atoms with E-state index in [0.717, 1.165) is 0 Å². The van der Waals surface area contributed by atoms with Gasteiger partial charge in [0.2, 0.25) is 0 Å². The number of nitrogens with one attached hydrogen (secondary N) is 1. The van der Waals surface area contributed by atoms with Crippen molar-refractivity contribution in [3.8, 4) is 17.2 Å². The molecule has 0 heterocycles. The van der Waals surface area contributed by atoms with Crippen molar-refractivity contribution in [2.45, 2.75) is 0 Å². The highest BCUT2D eigenvalue weighted by molar-refractivity contribution is 6.42. The van der Waals surface area contributed by atoms with E-state index in [9.17, 15) is 4.79 Å². The molecule has 0 saturated heterocycles. The van der Waals surface area contributed by atoms with Crippen LogP contribution in [0, 0.1) is 0 Å². The minimum Gasteiger partial charge on any atom is -0.497 e. The summed E-state index contributed by atoms with van der Waals surface area (Å²) in [6.45, 7) is -0.257. The molecule has 0 unspecified atom stereocenters. The van der Waals surface area contributed by atoms with E-state index >= 15 is 0 Å². The van der Waals surface area contributed by atoms with Gasteiger partial charge in [0, 0.05) is 5.56 Å². The smallest absolute Gasteiger partial charge is 0.277 e. The first-order valence-electron chi connectivity index (χ1n) is 7.16. The fraction of sp³-hybridized carbons (Fsp3) is 0.176. The van der Waals surface area contributed by atoms with Crippen molar-refractivity contribution >= 4 is 35.3 Å². The molecule has 25 heavy (non-hydrogen) atoms. The van der Waals surface area contributed by atoms with Gasteiger partial charge in [0.15, 0.2) is 6.61 Å². The predicted octanol–water partition coefficient (Wildman–Crippen LogP) is 3.54. The van der Waals surface area contributed by atoms with Gasteiger partial charge in [-0.25, -0.2) is 5.43 Å². The zero-order valence-electron chi connectivity index (χ0n) is 13.6. The molecule has 132 valence electrons. The molecule has 0 atom stereocenters. The van der Waals surface area contributed by atoms with Crippen LogP contribution in [0.25, 0.3) is 0 Å². The minimum atomic E-state index is -0.450. The van der Waals surface area contributed by atoms with Gasteiger partial charge in [-0.3, -0.25) is 4.79 Å². The number of hydrazone groups is 1. The molecular weight excluding hydrogens is 367 g/mol. The fourth-order valence-corrected chi connectivity index (χ4v) is 2.23. The topological polar surface area (TPSA) is 69.2 Å². The van der Waals surface area contributed by atoms with E-state index in [2.05, 4.69) is 10.5 Å². The van der Waals surface area contributed by atoms with Crippen molar-refractivity contribution in [1.82, 2.24) is 5.43 Å². The van der Waals surface area contributed by atoms with Crippen LogP contribution in [0.5, 0.6) is 17.2 Å². The summed E-state index contributed by atoms with van der Waals surface area (Å²) >= 11 is 11.9. The van der Waals surface area contributed by atoms with Crippen LogP contribution in [0.1, 0.15) is 5.56 Å². The first kappa shape index (κ1) is 18.9. The van der Waals surface area contributed by atoms with Gasteiger partial charge in [-0.2, -0.15) is 5.10 Å². The molecule has 0 bridgehead atoms. The summed E-state index contributed by atoms with van der Waals surface area (Å²) in [5, 5.41) is 4.48. The number of benzene rings is 2. The van der Waals surface area contributed by atoms with E-state index in [1.807, 2.05) is 0 Å². The maximum absolute atomic E-state index is 11.8. The number of methoxy groups -OCH3 is 2. The Morgan fingerprint density at radius 1 is 1.16 bits per heavy atom. The van der Waals surface area contributed by atoms with Crippen LogP contribution in [0.2, 0.25) is 10.0 Å². The summed E-state index contributed by atoms with van der Waals surface area (Å²) in [5.74, 6) is 1.12. The van der Waals surface area contributed by atoms with Crippen LogP contribution >= 0.6 is 23.2 Å². The molecule has 0 aliphatic rings. The van der Waals surface area contributed by atoms with Crippen LogP contribution in [0.15, 0.2) is 41.5 Å². The Morgan fingerprint density at radius 3 is 2.68 bits per heavy atom. The molecule has 1 N–H and O–H groups in total. The van der Waals surface area contributed by atoms with E-state index in [-0.39, 0.29) is 11.6 Å². The monoisotopic (exact) mass is 382 g/mol. The largest absolute Gasteiger partial charge is 0.497 e. The lowest BCUT2D eigenvalue weighted by Crippen LogP contribution is -2.24. The Hall–Kier alpha value is -2.44. The second-order valence-corrected chi connectivity index (χ2v) is 5.53. The molecule has 0 aliphatic heterocycles. The summed E-state index contributed by atoms with van der Waals surface area (Å²) in [7, 11) is 3.10. The maximum Gasteiger partial charge on any atom is 0.277 e. The minimum absolute atomic E-state index is 0.251. The van der Waals surface area contributed by atoms with Crippen molar-refractivity contribution < 1.29 is 19.0 Å². The van der Waals surface area contributed by atoms with Crippen molar-refractivity contribution in [3.05, 3.63) is 52.0 Å². The molecule has 2 rings (SSSR count). The van der Waals surface area contributed by atoms with Gasteiger partial charge in [-0.05, 0) is 30.3 Å². The highest BCUT2D eigenvalue weighted by atomic mass is 35.5. The summed E-state index contributed by atoms with van der Waals surface area (Å²) < 4.78 is 15.7. The van der Waals surface area contributed by atoms with E-state index in [1.54, 1.807) is 50.6 Å². The Morgan fingerprint density at radius 2 is 1.96 bits per heavy atom. The summed E-state index contributed by atoms with van der Waals surface area (Å²) in [6, 6.07) is 10.2. The van der Waals surface area contributed by atoms with Gasteiger partial charge in [0.25, 0.3) is 5.91 Å². The first-order chi connectivity index (χ1) is 12.0. The number of nitrogens with zero attached hydrogens (tertiary/aromatic N) is 1. The molecule has 0 aromatic heterocycles. The van der Waals surface area contributed by atoms with Crippen molar-refractivity contribution in [2.75, 3.05) is 20.8 Å². The van der Waals surface area contributed by atoms with Crippen LogP contribution in [0.4, 0.5) is 0 Å². The number of hydrogen-bond acceptors (Lipinski definition) is 5. The van der Waals surface area contributed by atoms with E-state index in [0.29, 0.717) is 27.8 Å². The molecule has 6 nitrogen and oxygen atoms in total. The summed E-state index contributed by atoms with van der Waals surface area (Å²) in [5.41, 5.74) is 3.01. The molecule has 1 amide bonds. The second kappa shape index (κ2) is 9.15. The molecule has 8 heteroatoms. The number of amides is 1. The third-order valence-electron chi connectivity index (χ3n) is 3.10. The van der Waals surface area contributed by atoms with Gasteiger partial charge < -0.3 is 14.2 Å². The van der Waals surface area contributed by atoms with Gasteiger partial charge in [-0.1, -0.05) is 29.3 Å². The number of halogens is 2. The molecular formula is C17H16Cl2N2O4. The average Bonchev–Trinajstić information content (AvgIpc) is 2.62. The first-order valence-corrected chi connectivity index (χ1v) is 7.91. The number of ether oxygens (including phenoxy) is 3. The zero-order chi connectivity index (χ0) is 18.2. The summed E-state index contributed by atoms with van der Waals surface area (Å²) in [4.78, 5) is 11.8. The Labute approximate surface area is 155 Å². The quantitative estimate of drug-likeness (QED) is 0.587. The lowest BCUT2D eigenvalue weighted by atomic mass is 10.2. The molecule has 0 aliphatic carbocycles. The van der Waals surface area contributed by atoms with Crippen LogP contribution in [-0.2, 0) is 4.79 Å².